The molecule has 0 radical (unpaired) electrons. The average molecular weight is 319 g/mol. The molecule has 4 heterocycles. The van der Waals surface area contributed by atoms with Gasteiger partial charge in [-0.15, -0.1) is 0 Å². The van der Waals surface area contributed by atoms with E-state index in [4.69, 9.17) is 0 Å². The Morgan fingerprint density at radius 2 is 2.00 bits per heavy atom. The lowest BCUT2D eigenvalue weighted by Gasteiger charge is -2.30. The molecule has 0 aliphatic carbocycles. The molecule has 0 fully saturated rings. The lowest BCUT2D eigenvalue weighted by atomic mass is 9.92. The Morgan fingerprint density at radius 3 is 2.79 bits per heavy atom. The van der Waals surface area contributed by atoms with Crippen molar-refractivity contribution in [2.45, 2.75) is 19.4 Å². The van der Waals surface area contributed by atoms with E-state index in [0.717, 1.165) is 24.1 Å². The molecule has 0 N–H and O–H groups in total. The van der Waals surface area contributed by atoms with Crippen molar-refractivity contribution < 1.29 is 0 Å². The topological polar surface area (TPSA) is 46.8 Å². The predicted molar refractivity (Wildman–Crippen MR) is 95.5 cm³/mol. The van der Waals surface area contributed by atoms with Crippen LogP contribution in [0.3, 0.4) is 0 Å². The van der Waals surface area contributed by atoms with E-state index in [1.165, 1.54) is 22.4 Å². The molecule has 1 aliphatic rings. The summed E-state index contributed by atoms with van der Waals surface area (Å²) in [5.41, 5.74) is 7.37. The number of fused-ring (bicyclic) bond motifs is 3. The summed E-state index contributed by atoms with van der Waals surface area (Å²) in [7, 11) is 4.30. The number of likely N-dealkylation sites (N-methyl/N-ethyl adjacent to an activating group) is 1. The standard InChI is InChI=1S/C19H21N5/c1-13(14-4-6-20-7-5-14)8-15-10-23(2)11-16-18-17(9-21-12-22-18)24(3)19(15)16/h4-9,12,15H,10-11H2,1-3H3. The van der Waals surface area contributed by atoms with Gasteiger partial charge in [0.1, 0.15) is 6.33 Å². The average Bonchev–Trinajstić information content (AvgIpc) is 2.89. The number of aromatic nitrogens is 4. The third kappa shape index (κ3) is 2.41. The summed E-state index contributed by atoms with van der Waals surface area (Å²) >= 11 is 0. The fraction of sp³-hybridized carbons (Fsp3) is 0.316. The summed E-state index contributed by atoms with van der Waals surface area (Å²) in [4.78, 5) is 15.2. The Balaban J connectivity index is 1.85. The van der Waals surface area contributed by atoms with Gasteiger partial charge >= 0.3 is 0 Å². The lowest BCUT2D eigenvalue weighted by Crippen LogP contribution is -2.30. The second kappa shape index (κ2) is 5.83. The van der Waals surface area contributed by atoms with E-state index in [2.05, 4.69) is 63.6 Å². The van der Waals surface area contributed by atoms with E-state index < -0.39 is 0 Å². The first-order valence-electron chi connectivity index (χ1n) is 8.19. The van der Waals surface area contributed by atoms with Crippen molar-refractivity contribution in [3.05, 3.63) is 59.9 Å². The molecular weight excluding hydrogens is 298 g/mol. The van der Waals surface area contributed by atoms with Crippen molar-refractivity contribution in [3.63, 3.8) is 0 Å². The van der Waals surface area contributed by atoms with Crippen LogP contribution in [0.2, 0.25) is 0 Å². The number of hydrogen-bond donors (Lipinski definition) is 0. The molecule has 122 valence electrons. The van der Waals surface area contributed by atoms with Gasteiger partial charge in [0, 0.05) is 49.7 Å². The summed E-state index contributed by atoms with van der Waals surface area (Å²) in [6.45, 7) is 4.11. The van der Waals surface area contributed by atoms with Crippen LogP contribution in [0.15, 0.2) is 43.1 Å². The lowest BCUT2D eigenvalue weighted by molar-refractivity contribution is 0.294. The van der Waals surface area contributed by atoms with Gasteiger partial charge in [-0.2, -0.15) is 0 Å². The van der Waals surface area contributed by atoms with Crippen molar-refractivity contribution in [3.8, 4) is 0 Å². The number of rotatable bonds is 2. The molecule has 0 spiro atoms. The van der Waals surface area contributed by atoms with Gasteiger partial charge in [-0.25, -0.2) is 9.97 Å². The summed E-state index contributed by atoms with van der Waals surface area (Å²) in [6, 6.07) is 4.12. The maximum atomic E-state index is 4.53. The highest BCUT2D eigenvalue weighted by molar-refractivity contribution is 5.81. The van der Waals surface area contributed by atoms with E-state index in [0.29, 0.717) is 5.92 Å². The Morgan fingerprint density at radius 1 is 1.21 bits per heavy atom. The number of pyridine rings is 1. The van der Waals surface area contributed by atoms with Crippen LogP contribution >= 0.6 is 0 Å². The molecular formula is C19H21N5. The predicted octanol–water partition coefficient (Wildman–Crippen LogP) is 3.00. The summed E-state index contributed by atoms with van der Waals surface area (Å²) in [5.74, 6) is 0.339. The van der Waals surface area contributed by atoms with E-state index >= 15 is 0 Å². The molecule has 1 unspecified atom stereocenters. The molecule has 0 bridgehead atoms. The molecule has 5 nitrogen and oxygen atoms in total. The Labute approximate surface area is 141 Å². The highest BCUT2D eigenvalue weighted by atomic mass is 15.1. The van der Waals surface area contributed by atoms with Crippen LogP contribution in [0.25, 0.3) is 16.6 Å². The molecule has 3 aromatic heterocycles. The highest BCUT2D eigenvalue weighted by Gasteiger charge is 2.28. The Kier molecular flexibility index (Phi) is 3.65. The molecule has 4 rings (SSSR count). The minimum atomic E-state index is 0.339. The summed E-state index contributed by atoms with van der Waals surface area (Å²) in [5, 5.41) is 0. The third-order valence-corrected chi connectivity index (χ3v) is 4.89. The monoisotopic (exact) mass is 319 g/mol. The fourth-order valence-corrected chi connectivity index (χ4v) is 3.78. The first-order chi connectivity index (χ1) is 11.6. The largest absolute Gasteiger partial charge is 0.344 e. The zero-order valence-electron chi connectivity index (χ0n) is 14.3. The van der Waals surface area contributed by atoms with Crippen LogP contribution < -0.4 is 0 Å². The molecule has 0 amide bonds. The summed E-state index contributed by atoms with van der Waals surface area (Å²) in [6.07, 6.45) is 9.62. The summed E-state index contributed by atoms with van der Waals surface area (Å²) < 4.78 is 2.26. The van der Waals surface area contributed by atoms with Gasteiger partial charge in [0.25, 0.3) is 0 Å². The quantitative estimate of drug-likeness (QED) is 0.728. The molecule has 24 heavy (non-hydrogen) atoms. The number of allylic oxidation sites excluding steroid dienone is 1. The van der Waals surface area contributed by atoms with Crippen molar-refractivity contribution in [2.75, 3.05) is 13.6 Å². The molecule has 0 saturated heterocycles. The van der Waals surface area contributed by atoms with Crippen LogP contribution in [-0.2, 0) is 13.6 Å². The SMILES string of the molecule is CC(=CC1CN(C)Cc2c1n(C)c1cncnc21)c1ccncc1. The van der Waals surface area contributed by atoms with Gasteiger partial charge in [0.2, 0.25) is 0 Å². The van der Waals surface area contributed by atoms with Gasteiger partial charge in [-0.05, 0) is 37.2 Å². The normalized spacial score (nSPS) is 18.8. The minimum Gasteiger partial charge on any atom is -0.344 e. The van der Waals surface area contributed by atoms with Crippen LogP contribution in [0.5, 0.6) is 0 Å². The molecule has 1 atom stereocenters. The van der Waals surface area contributed by atoms with Crippen LogP contribution in [0.4, 0.5) is 0 Å². The van der Waals surface area contributed by atoms with Crippen molar-refractivity contribution in [1.29, 1.82) is 0 Å². The highest BCUT2D eigenvalue weighted by Crippen LogP contribution is 2.36. The van der Waals surface area contributed by atoms with Gasteiger partial charge in [-0.3, -0.25) is 4.98 Å². The maximum Gasteiger partial charge on any atom is 0.116 e. The van der Waals surface area contributed by atoms with E-state index in [1.807, 2.05) is 18.6 Å². The number of aryl methyl sites for hydroxylation is 1. The van der Waals surface area contributed by atoms with Gasteiger partial charge in [-0.1, -0.05) is 6.08 Å². The van der Waals surface area contributed by atoms with Crippen LogP contribution in [0.1, 0.15) is 29.7 Å². The van der Waals surface area contributed by atoms with E-state index in [-0.39, 0.29) is 0 Å². The molecule has 0 saturated carbocycles. The van der Waals surface area contributed by atoms with Gasteiger partial charge in [0.05, 0.1) is 17.2 Å². The zero-order chi connectivity index (χ0) is 16.7. The van der Waals surface area contributed by atoms with E-state index in [9.17, 15) is 0 Å². The van der Waals surface area contributed by atoms with E-state index in [1.54, 1.807) is 6.33 Å². The zero-order valence-corrected chi connectivity index (χ0v) is 14.3. The molecule has 1 aliphatic heterocycles. The van der Waals surface area contributed by atoms with Gasteiger partial charge in [0.15, 0.2) is 0 Å². The minimum absolute atomic E-state index is 0.339. The first-order valence-corrected chi connectivity index (χ1v) is 8.19. The number of nitrogens with zero attached hydrogens (tertiary/aromatic N) is 5. The third-order valence-electron chi connectivity index (χ3n) is 4.89. The first kappa shape index (κ1) is 15.0. The van der Waals surface area contributed by atoms with Gasteiger partial charge < -0.3 is 9.47 Å². The molecule has 5 heteroatoms. The number of hydrogen-bond acceptors (Lipinski definition) is 4. The fourth-order valence-electron chi connectivity index (χ4n) is 3.78. The van der Waals surface area contributed by atoms with Crippen LogP contribution in [-0.4, -0.2) is 38.0 Å². The molecule has 0 aromatic carbocycles. The van der Waals surface area contributed by atoms with Crippen LogP contribution in [0, 0.1) is 0 Å². The van der Waals surface area contributed by atoms with Crippen molar-refractivity contribution in [1.82, 2.24) is 24.4 Å². The van der Waals surface area contributed by atoms with Crippen molar-refractivity contribution >= 4 is 16.6 Å². The van der Waals surface area contributed by atoms with Crippen molar-refractivity contribution in [2.24, 2.45) is 7.05 Å². The second-order valence-electron chi connectivity index (χ2n) is 6.57. The second-order valence-corrected chi connectivity index (χ2v) is 6.57. The Hall–Kier alpha value is -2.53. The smallest absolute Gasteiger partial charge is 0.116 e. The maximum absolute atomic E-state index is 4.53. The Bertz CT molecular complexity index is 910. The molecule has 3 aromatic rings.